The molecule has 0 saturated carbocycles. The molecule has 0 aromatic rings. The molecule has 89 heavy (non-hydrogen) atoms. The molecule has 4 atom stereocenters. The fourth-order valence-electron chi connectivity index (χ4n) is 2.73. The molecule has 5 amide bonds. The van der Waals surface area contributed by atoms with E-state index in [1.165, 1.54) is 66.2 Å². The molecular weight excluding hydrogens is 1410 g/mol. The number of likely N-dealkylation sites (N-methyl/N-ethyl adjacent to an activating group) is 2. The van der Waals surface area contributed by atoms with Gasteiger partial charge in [0, 0.05) is 157 Å². The monoisotopic (exact) mass is 1460 g/mol. The number of carbonyl (C=O) groups is 12. The van der Waals surface area contributed by atoms with Crippen LogP contribution in [0.2, 0.25) is 0 Å². The highest BCUT2D eigenvalue weighted by atomic mass is 32.2. The lowest BCUT2D eigenvalue weighted by atomic mass is 10.2. The number of carboxylic acid groups (broad SMARTS) is 5. The summed E-state index contributed by atoms with van der Waals surface area (Å²) in [4.78, 5) is 123. The van der Waals surface area contributed by atoms with Crippen LogP contribution in [0.3, 0.4) is 0 Å². The summed E-state index contributed by atoms with van der Waals surface area (Å²) in [6, 6.07) is -2.77. The molecule has 0 aliphatic heterocycles. The zero-order chi connectivity index (χ0) is 76.0. The Morgan fingerprint density at radius 3 is 0.966 bits per heavy atom. The van der Waals surface area contributed by atoms with Crippen molar-refractivity contribution < 1.29 is 211 Å². The molecule has 1 aliphatic rings. The second-order valence-corrected chi connectivity index (χ2v) is 12.0. The minimum atomic E-state index is -1.46. The summed E-state index contributed by atoms with van der Waals surface area (Å²) in [5.74, 6) is -8.53. The first kappa shape index (κ1) is 140. The molecular formula is C33H59F27N8O18S3. The molecule has 546 valence electrons. The summed E-state index contributed by atoms with van der Waals surface area (Å²) in [6.45, 7) is 0. The second kappa shape index (κ2) is 149. The minimum Gasteiger partial charge on any atom is -0.481 e. The van der Waals surface area contributed by atoms with Crippen molar-refractivity contribution in [3.05, 3.63) is 24.3 Å². The van der Waals surface area contributed by atoms with Crippen LogP contribution in [-0.4, -0.2) is 179 Å². The standard InChI is InChI=1S/C6H11NO3S.2C5H9FN2O3.C5H8FNO3S.C5H7NO3.C5H4O2.CH5N.CH4S.12F2.H2O/c1-7-6(10)4(11-2)3-5(8)9;1-7-5(11)3(8-6)2-4(9)10;1-7-4(9)2-3(8-6)5(10)11;1-7-4(8)2-3(11-6)5(9)10;1-6-4(7)2-3-5(8)9;6-4-1-2-5(7)3-4;14*1-2;/h4H,3H2,1-2H3,(H,7,10)(H,8,9);3,8H,2H2,1H3,(H,7,11)(H,9,10);3,8H,2H2,1H3,(H,7,9)(H,10,11);3H,2H2,1H3,(H,7,8)(H,9,10);2-3H,1H3,(H,6,7)(H,8,9);1-2H,3H2;2H2,1H3;2H,1H3;;;;;;;;;;;;;1H2/b;;;;3-2-;;;;;;;;;;;;;;;;. The maximum absolute atomic E-state index is 11.8. The molecule has 0 spiro atoms. The number of amides is 5. The molecule has 0 bridgehead atoms. The largest absolute Gasteiger partial charge is 0.481 e. The van der Waals surface area contributed by atoms with Crippen molar-refractivity contribution in [2.75, 3.05) is 54.8 Å². The van der Waals surface area contributed by atoms with Gasteiger partial charge in [-0.1, -0.05) is 0 Å². The summed E-state index contributed by atoms with van der Waals surface area (Å²) in [5, 5.41) is 50.4. The van der Waals surface area contributed by atoms with Crippen LogP contribution in [0, 0.1) is 0 Å². The lowest BCUT2D eigenvalue weighted by Gasteiger charge is -2.08. The van der Waals surface area contributed by atoms with Crippen molar-refractivity contribution in [1.82, 2.24) is 37.7 Å². The third-order valence-electron chi connectivity index (χ3n) is 5.81. The number of thiol groups is 1. The van der Waals surface area contributed by atoms with Gasteiger partial charge in [-0.3, -0.25) is 52.7 Å². The minimum absolute atomic E-state index is 0. The van der Waals surface area contributed by atoms with Crippen molar-refractivity contribution in [1.29, 1.82) is 0 Å². The van der Waals surface area contributed by atoms with Gasteiger partial charge in [-0.25, -0.2) is 4.79 Å². The van der Waals surface area contributed by atoms with Gasteiger partial charge in [0.25, 0.3) is 0 Å². The van der Waals surface area contributed by atoms with Crippen molar-refractivity contribution in [2.24, 2.45) is 5.73 Å². The molecule has 16 N–H and O–H groups in total. The van der Waals surface area contributed by atoms with E-state index in [-0.39, 0.29) is 54.4 Å². The highest BCUT2D eigenvalue weighted by molar-refractivity contribution is 7.99. The number of carbonyl (C=O) groups excluding carboxylic acids is 7. The number of allylic oxidation sites excluding steroid dienone is 2. The number of rotatable bonds is 18. The molecule has 4 unspecified atom stereocenters. The molecule has 0 radical (unpaired) electrons. The smallest absolute Gasteiger partial charge is 0.328 e. The van der Waals surface area contributed by atoms with Crippen molar-refractivity contribution in [2.45, 2.75) is 54.7 Å². The summed E-state index contributed by atoms with van der Waals surface area (Å²) in [6.07, 6.45) is 6.38. The van der Waals surface area contributed by atoms with Crippen molar-refractivity contribution >= 4 is 107 Å². The first-order valence-electron chi connectivity index (χ1n) is 18.8. The number of halogens is 27. The van der Waals surface area contributed by atoms with Gasteiger partial charge in [0.05, 0.1) is 49.5 Å². The molecule has 0 heterocycles. The highest BCUT2D eigenvalue weighted by Crippen LogP contribution is 2.15. The lowest BCUT2D eigenvalue weighted by Crippen LogP contribution is -2.40. The molecule has 0 fully saturated rings. The Bertz CT molecular complexity index is 1490. The van der Waals surface area contributed by atoms with Gasteiger partial charge in [0.15, 0.2) is 11.6 Å². The number of ketones is 2. The molecule has 1 rings (SSSR count). The number of aliphatic carboxylic acids is 5. The van der Waals surface area contributed by atoms with Gasteiger partial charge in [-0.2, -0.15) is 28.3 Å². The zero-order valence-electron chi connectivity index (χ0n) is 45.3. The second-order valence-electron chi connectivity index (χ2n) is 10.2. The Balaban J connectivity index is -0.0000000329. The van der Waals surface area contributed by atoms with Crippen LogP contribution in [0.25, 0.3) is 0 Å². The fourth-order valence-corrected chi connectivity index (χ4v) is 3.66. The van der Waals surface area contributed by atoms with Crippen LogP contribution in [0.5, 0.6) is 0 Å². The predicted molar refractivity (Wildman–Crippen MR) is 261 cm³/mol. The van der Waals surface area contributed by atoms with E-state index in [2.05, 4.69) is 44.9 Å². The average molecular weight is 1470 g/mol. The summed E-state index contributed by atoms with van der Waals surface area (Å²) < 4.78 is 227. The number of nitrogens with two attached hydrogens (primary N) is 1. The van der Waals surface area contributed by atoms with Gasteiger partial charge in [-0.15, -0.1) is 20.0 Å². The van der Waals surface area contributed by atoms with Crippen molar-refractivity contribution in [3.63, 3.8) is 0 Å². The maximum atomic E-state index is 11.8. The molecule has 26 nitrogen and oxygen atoms in total. The first-order valence-corrected chi connectivity index (χ1v) is 21.7. The Hall–Kier alpha value is -7.48. The van der Waals surface area contributed by atoms with Crippen molar-refractivity contribution in [3.8, 4) is 0 Å². The predicted octanol–water partition coefficient (Wildman–Crippen LogP) is 7.07. The van der Waals surface area contributed by atoms with Crippen LogP contribution >= 0.6 is 36.5 Å². The van der Waals surface area contributed by atoms with E-state index in [9.17, 15) is 70.4 Å². The van der Waals surface area contributed by atoms with E-state index < -0.39 is 88.9 Å². The summed E-state index contributed by atoms with van der Waals surface area (Å²) in [5.41, 5.74) is 6.60. The number of nitrogens with one attached hydrogen (secondary N) is 7. The van der Waals surface area contributed by atoms with Crippen LogP contribution in [0.1, 0.15) is 32.1 Å². The van der Waals surface area contributed by atoms with Crippen LogP contribution in [0.15, 0.2) is 24.3 Å². The van der Waals surface area contributed by atoms with E-state index in [1.807, 2.05) is 0 Å². The highest BCUT2D eigenvalue weighted by Gasteiger charge is 2.22. The molecule has 56 heteroatoms. The van der Waals surface area contributed by atoms with Crippen LogP contribution < -0.4 is 43.4 Å². The van der Waals surface area contributed by atoms with Crippen LogP contribution in [-0.2, 0) is 57.5 Å². The van der Waals surface area contributed by atoms with E-state index in [0.717, 1.165) is 23.2 Å². The van der Waals surface area contributed by atoms with E-state index >= 15 is 0 Å². The normalized spacial score (nSPS) is 9.40. The molecule has 0 aromatic carbocycles. The van der Waals surface area contributed by atoms with Gasteiger partial charge in [0.2, 0.25) is 29.5 Å². The maximum Gasteiger partial charge on any atom is 0.328 e. The molecule has 1 aliphatic carbocycles. The first-order chi connectivity index (χ1) is 41.9. The third kappa shape index (κ3) is 155. The Morgan fingerprint density at radius 1 is 0.483 bits per heavy atom. The zero-order valence-corrected chi connectivity index (χ0v) is 47.9. The Morgan fingerprint density at radius 2 is 0.787 bits per heavy atom. The van der Waals surface area contributed by atoms with Gasteiger partial charge < -0.3 is 63.3 Å². The van der Waals surface area contributed by atoms with E-state index in [4.69, 9.17) is 135 Å². The van der Waals surface area contributed by atoms with E-state index in [0.29, 0.717) is 0 Å². The number of hydrogen-bond acceptors (Lipinski definition) is 18. The van der Waals surface area contributed by atoms with E-state index in [1.54, 1.807) is 12.5 Å². The number of carboxylic acids is 5. The SMILES string of the molecule is CN.CNC(=O)/C=C\C(=O)O.CNC(=O)C(CC(=O)O)NF.CNC(=O)C(CC(=O)O)SC.CNC(=O)CC(NF)C(=O)O.CNC(=O)CC(SF)C(=O)O.CS.FF.FF.FF.FF.FF.FF.FF.FF.FF.FF.FF.FF.O.O=C1C=CC(=O)C1. The number of thioether (sulfide) groups is 1. The van der Waals surface area contributed by atoms with Gasteiger partial charge in [-0.05, 0) is 31.7 Å². The third-order valence-corrected chi connectivity index (χ3v) is 7.35. The fraction of sp³-hybridized carbons (Fsp3) is 0.515. The lowest BCUT2D eigenvalue weighted by molar-refractivity contribution is -0.143. The average Bonchev–Trinajstić information content (AvgIpc) is 3.99. The number of hydrogen-bond donors (Lipinski definition) is 14. The quantitative estimate of drug-likeness (QED) is 0.0214. The van der Waals surface area contributed by atoms with Gasteiger partial charge >= 0.3 is 29.8 Å². The topological polar surface area (TPSA) is 448 Å². The van der Waals surface area contributed by atoms with Gasteiger partial charge in [0.1, 0.15) is 17.3 Å². The molecule has 0 aromatic heterocycles. The Labute approximate surface area is 495 Å². The Kier molecular flexibility index (Phi) is 233. The summed E-state index contributed by atoms with van der Waals surface area (Å²) in [7, 11) is 8.43. The van der Waals surface area contributed by atoms with Crippen LogP contribution in [0.4, 0.5) is 123 Å². The molecule has 0 saturated heterocycles. The summed E-state index contributed by atoms with van der Waals surface area (Å²) >= 11 is 4.43.